The van der Waals surface area contributed by atoms with E-state index in [1.54, 1.807) is 20.4 Å². The fourth-order valence-corrected chi connectivity index (χ4v) is 3.76. The van der Waals surface area contributed by atoms with Gasteiger partial charge in [0.2, 0.25) is 0 Å². The Balaban J connectivity index is 1.45. The number of aromatic nitrogens is 4. The van der Waals surface area contributed by atoms with E-state index in [0.29, 0.717) is 5.82 Å². The van der Waals surface area contributed by atoms with Crippen LogP contribution in [-0.4, -0.2) is 33.8 Å². The van der Waals surface area contributed by atoms with Crippen LogP contribution >= 0.6 is 0 Å². The molecular weight excluding hydrogens is 404 g/mol. The summed E-state index contributed by atoms with van der Waals surface area (Å²) >= 11 is 0. The van der Waals surface area contributed by atoms with Gasteiger partial charge < -0.3 is 14.2 Å². The van der Waals surface area contributed by atoms with Crippen LogP contribution in [0, 0.1) is 6.92 Å². The van der Waals surface area contributed by atoms with Gasteiger partial charge in [-0.1, -0.05) is 6.07 Å². The van der Waals surface area contributed by atoms with Gasteiger partial charge in [0, 0.05) is 23.8 Å². The van der Waals surface area contributed by atoms with Crippen molar-refractivity contribution < 1.29 is 14.2 Å². The van der Waals surface area contributed by atoms with E-state index in [1.807, 2.05) is 66.1 Å². The number of rotatable bonds is 6. The maximum absolute atomic E-state index is 6.12. The molecule has 0 atom stereocenters. The van der Waals surface area contributed by atoms with Gasteiger partial charge in [0.1, 0.15) is 23.9 Å². The third-order valence-electron chi connectivity index (χ3n) is 5.47. The third-order valence-corrected chi connectivity index (χ3v) is 5.47. The second kappa shape index (κ2) is 8.19. The van der Waals surface area contributed by atoms with Gasteiger partial charge in [0.15, 0.2) is 11.5 Å². The first kappa shape index (κ1) is 19.8. The van der Waals surface area contributed by atoms with Gasteiger partial charge >= 0.3 is 0 Å². The molecule has 0 radical (unpaired) electrons. The molecule has 0 N–H and O–H groups in total. The smallest absolute Gasteiger partial charge is 0.175 e. The van der Waals surface area contributed by atoms with Crippen molar-refractivity contribution in [3.05, 3.63) is 78.4 Å². The number of aryl methyl sites for hydroxylation is 1. The van der Waals surface area contributed by atoms with Gasteiger partial charge in [0.25, 0.3) is 0 Å². The van der Waals surface area contributed by atoms with Crippen LogP contribution in [0.3, 0.4) is 0 Å². The number of fused-ring (bicyclic) bond motifs is 2. The van der Waals surface area contributed by atoms with Crippen LogP contribution in [0.15, 0.2) is 67.0 Å². The van der Waals surface area contributed by atoms with Crippen LogP contribution in [0.5, 0.6) is 17.2 Å². The summed E-state index contributed by atoms with van der Waals surface area (Å²) < 4.78 is 18.7. The van der Waals surface area contributed by atoms with E-state index < -0.39 is 0 Å². The molecule has 0 aliphatic carbocycles. The van der Waals surface area contributed by atoms with Crippen molar-refractivity contribution in [1.82, 2.24) is 19.6 Å². The summed E-state index contributed by atoms with van der Waals surface area (Å²) in [6, 6.07) is 17.7. The zero-order valence-electron chi connectivity index (χ0n) is 18.1. The Morgan fingerprint density at radius 2 is 1.72 bits per heavy atom. The predicted octanol–water partition coefficient (Wildman–Crippen LogP) is 4.85. The van der Waals surface area contributed by atoms with Crippen LogP contribution < -0.4 is 14.2 Å². The van der Waals surface area contributed by atoms with Crippen molar-refractivity contribution in [2.75, 3.05) is 14.2 Å². The lowest BCUT2D eigenvalue weighted by atomic mass is 10.0. The lowest BCUT2D eigenvalue weighted by Crippen LogP contribution is -2.02. The topological polar surface area (TPSA) is 70.8 Å². The highest BCUT2D eigenvalue weighted by molar-refractivity contribution is 5.85. The molecule has 2 aromatic carbocycles. The monoisotopic (exact) mass is 426 g/mol. The molecule has 3 heterocycles. The molecule has 5 aromatic rings. The standard InChI is InChI=1S/C25H22N4O3/c1-16-12-17(4-8-22(16)31-3)18-5-9-24-27-28-25(29(24)14-18)15-32-23-10-11-26-21-13-19(30-2)6-7-20(21)23/h4-14H,15H2,1-3H3. The van der Waals surface area contributed by atoms with Crippen molar-refractivity contribution >= 4 is 16.6 Å². The largest absolute Gasteiger partial charge is 0.497 e. The first-order chi connectivity index (χ1) is 15.7. The van der Waals surface area contributed by atoms with E-state index in [2.05, 4.69) is 21.2 Å². The molecule has 5 rings (SSSR count). The molecule has 0 spiro atoms. The minimum atomic E-state index is 0.275. The molecule has 3 aromatic heterocycles. The Hall–Kier alpha value is -4.13. The highest BCUT2D eigenvalue weighted by atomic mass is 16.5. The molecule has 7 nitrogen and oxygen atoms in total. The zero-order chi connectivity index (χ0) is 22.1. The molecule has 0 aliphatic rings. The number of ether oxygens (including phenoxy) is 3. The molecule has 0 saturated carbocycles. The number of hydrogen-bond acceptors (Lipinski definition) is 6. The Labute approximate surface area is 185 Å². The van der Waals surface area contributed by atoms with E-state index in [9.17, 15) is 0 Å². The third kappa shape index (κ3) is 3.58. The van der Waals surface area contributed by atoms with E-state index in [1.165, 1.54) is 0 Å². The Morgan fingerprint density at radius 3 is 2.53 bits per heavy atom. The van der Waals surface area contributed by atoms with E-state index >= 15 is 0 Å². The van der Waals surface area contributed by atoms with Gasteiger partial charge in [-0.25, -0.2) is 0 Å². The molecule has 32 heavy (non-hydrogen) atoms. The number of nitrogens with zero attached hydrogens (tertiary/aromatic N) is 4. The summed E-state index contributed by atoms with van der Waals surface area (Å²) in [4.78, 5) is 4.41. The van der Waals surface area contributed by atoms with Gasteiger partial charge in [0.05, 0.1) is 19.7 Å². The van der Waals surface area contributed by atoms with Crippen LogP contribution in [0.25, 0.3) is 27.7 Å². The lowest BCUT2D eigenvalue weighted by Gasteiger charge is -2.10. The highest BCUT2D eigenvalue weighted by Gasteiger charge is 2.11. The Bertz CT molecular complexity index is 1430. The number of benzene rings is 2. The van der Waals surface area contributed by atoms with Crippen LogP contribution in [0.4, 0.5) is 0 Å². The summed E-state index contributed by atoms with van der Waals surface area (Å²) in [5.74, 6) is 3.07. The summed E-state index contributed by atoms with van der Waals surface area (Å²) in [5, 5.41) is 9.52. The summed E-state index contributed by atoms with van der Waals surface area (Å²) in [6.07, 6.45) is 3.76. The molecule has 0 bridgehead atoms. The molecule has 0 unspecified atom stereocenters. The summed E-state index contributed by atoms with van der Waals surface area (Å²) in [5.41, 5.74) is 4.82. The second-order valence-corrected chi connectivity index (χ2v) is 7.43. The van der Waals surface area contributed by atoms with E-state index in [-0.39, 0.29) is 6.61 Å². The fourth-order valence-electron chi connectivity index (χ4n) is 3.76. The van der Waals surface area contributed by atoms with Gasteiger partial charge in [-0.05, 0) is 66.1 Å². The number of methoxy groups -OCH3 is 2. The highest BCUT2D eigenvalue weighted by Crippen LogP contribution is 2.29. The fraction of sp³-hybridized carbons (Fsp3) is 0.160. The van der Waals surface area contributed by atoms with E-state index in [4.69, 9.17) is 14.2 Å². The first-order valence-corrected chi connectivity index (χ1v) is 10.2. The van der Waals surface area contributed by atoms with Gasteiger partial charge in [-0.3, -0.25) is 9.38 Å². The van der Waals surface area contributed by atoms with Crippen molar-refractivity contribution in [2.24, 2.45) is 0 Å². The lowest BCUT2D eigenvalue weighted by molar-refractivity contribution is 0.298. The van der Waals surface area contributed by atoms with Crippen molar-refractivity contribution in [3.63, 3.8) is 0 Å². The minimum Gasteiger partial charge on any atom is -0.497 e. The van der Waals surface area contributed by atoms with Gasteiger partial charge in [-0.15, -0.1) is 10.2 Å². The number of pyridine rings is 2. The van der Waals surface area contributed by atoms with Crippen molar-refractivity contribution in [3.8, 4) is 28.4 Å². The molecule has 0 fully saturated rings. The second-order valence-electron chi connectivity index (χ2n) is 7.43. The molecule has 0 saturated heterocycles. The SMILES string of the molecule is COc1ccc2c(OCc3nnc4ccc(-c5ccc(OC)c(C)c5)cn34)ccnc2c1. The Morgan fingerprint density at radius 1 is 0.844 bits per heavy atom. The first-order valence-electron chi connectivity index (χ1n) is 10.2. The molecule has 0 amide bonds. The average Bonchev–Trinajstić information content (AvgIpc) is 3.24. The maximum atomic E-state index is 6.12. The predicted molar refractivity (Wildman–Crippen MR) is 122 cm³/mol. The van der Waals surface area contributed by atoms with Crippen LogP contribution in [0.2, 0.25) is 0 Å². The summed E-state index contributed by atoms with van der Waals surface area (Å²) in [7, 11) is 3.32. The van der Waals surface area contributed by atoms with Crippen molar-refractivity contribution in [2.45, 2.75) is 13.5 Å². The van der Waals surface area contributed by atoms with Crippen LogP contribution in [-0.2, 0) is 6.61 Å². The normalized spacial score (nSPS) is 11.1. The van der Waals surface area contributed by atoms with Crippen molar-refractivity contribution in [1.29, 1.82) is 0 Å². The average molecular weight is 426 g/mol. The maximum Gasteiger partial charge on any atom is 0.175 e. The summed E-state index contributed by atoms with van der Waals surface area (Å²) in [6.45, 7) is 2.31. The number of hydrogen-bond donors (Lipinski definition) is 0. The molecular formula is C25H22N4O3. The quantitative estimate of drug-likeness (QED) is 0.387. The van der Waals surface area contributed by atoms with Gasteiger partial charge in [-0.2, -0.15) is 0 Å². The minimum absolute atomic E-state index is 0.275. The van der Waals surface area contributed by atoms with E-state index in [0.717, 1.165) is 50.5 Å². The molecule has 0 aliphatic heterocycles. The zero-order valence-corrected chi connectivity index (χ0v) is 18.1. The van der Waals surface area contributed by atoms with Crippen LogP contribution in [0.1, 0.15) is 11.4 Å². The molecule has 160 valence electrons. The Kier molecular flexibility index (Phi) is 5.07. The molecule has 7 heteroatoms.